The van der Waals surface area contributed by atoms with E-state index in [4.69, 9.17) is 4.42 Å². The van der Waals surface area contributed by atoms with Crippen LogP contribution in [0.3, 0.4) is 0 Å². The summed E-state index contributed by atoms with van der Waals surface area (Å²) in [7, 11) is 0. The first-order valence-electron chi connectivity index (χ1n) is 5.26. The topological polar surface area (TPSA) is 25.5 Å². The molecule has 1 heterocycles. The number of para-hydroxylation sites is 1. The van der Waals surface area contributed by atoms with Crippen LogP contribution < -0.4 is 0 Å². The van der Waals surface area contributed by atoms with Gasteiger partial charge in [-0.15, -0.1) is 0 Å². The van der Waals surface area contributed by atoms with Crippen molar-refractivity contribution in [2.24, 2.45) is 4.99 Å². The average Bonchev–Trinajstić information content (AvgIpc) is 2.75. The number of thioether (sulfide) groups is 1. The third-order valence-electron chi connectivity index (χ3n) is 1.97. The van der Waals surface area contributed by atoms with Gasteiger partial charge in [0.05, 0.1) is 11.9 Å². The molecule has 0 unspecified atom stereocenters. The van der Waals surface area contributed by atoms with Crippen molar-refractivity contribution in [1.82, 2.24) is 0 Å². The predicted octanol–water partition coefficient (Wildman–Crippen LogP) is 4.66. The second-order valence-corrected chi connectivity index (χ2v) is 4.86. The van der Waals surface area contributed by atoms with Gasteiger partial charge in [0, 0.05) is 0 Å². The van der Waals surface area contributed by atoms with Gasteiger partial charge in [-0.05, 0) is 36.1 Å². The van der Waals surface area contributed by atoms with Gasteiger partial charge in [0.25, 0.3) is 0 Å². The number of aliphatic imine (C=N–C) groups is 1. The lowest BCUT2D eigenvalue weighted by molar-refractivity contribution is 0.470. The van der Waals surface area contributed by atoms with Gasteiger partial charge in [-0.25, -0.2) is 0 Å². The highest BCUT2D eigenvalue weighted by Crippen LogP contribution is 2.26. The Kier molecular flexibility index (Phi) is 3.83. The van der Waals surface area contributed by atoms with Crippen molar-refractivity contribution in [3.63, 3.8) is 0 Å². The number of hydrogen-bond donors (Lipinski definition) is 0. The molecule has 0 fully saturated rings. The van der Waals surface area contributed by atoms with E-state index in [-0.39, 0.29) is 0 Å². The molecule has 0 amide bonds. The first kappa shape index (κ1) is 11.7. The second kappa shape index (κ2) is 5.55. The predicted molar refractivity (Wildman–Crippen MR) is 73.1 cm³/mol. The molecule has 3 heteroatoms. The van der Waals surface area contributed by atoms with Crippen LogP contribution in [0.5, 0.6) is 0 Å². The molecule has 0 saturated carbocycles. The number of furan rings is 1. The highest BCUT2D eigenvalue weighted by atomic mass is 32.2. The van der Waals surface area contributed by atoms with Crippen LogP contribution >= 0.6 is 11.8 Å². The summed E-state index contributed by atoms with van der Waals surface area (Å²) in [5, 5.41) is 0.840. The molecule has 0 saturated heterocycles. The van der Waals surface area contributed by atoms with Crippen LogP contribution in [0, 0.1) is 0 Å². The summed E-state index contributed by atoms with van der Waals surface area (Å²) in [5.74, 6) is 0.748. The van der Waals surface area contributed by atoms with Gasteiger partial charge in [-0.2, -0.15) is 0 Å². The summed E-state index contributed by atoms with van der Waals surface area (Å²) in [6.45, 7) is 5.77. The van der Waals surface area contributed by atoms with Gasteiger partial charge < -0.3 is 4.42 Å². The molecule has 0 radical (unpaired) electrons. The molecule has 1 aromatic heterocycles. The van der Waals surface area contributed by atoms with Crippen LogP contribution in [-0.2, 0) is 0 Å². The van der Waals surface area contributed by atoms with Crippen LogP contribution in [0.25, 0.3) is 0 Å². The van der Waals surface area contributed by atoms with Gasteiger partial charge in [0.1, 0.15) is 5.76 Å². The van der Waals surface area contributed by atoms with Crippen molar-refractivity contribution >= 4 is 23.7 Å². The average molecular weight is 243 g/mol. The summed E-state index contributed by atoms with van der Waals surface area (Å²) < 4.78 is 5.57. The molecule has 1 aromatic carbocycles. The Balaban J connectivity index is 2.06. The van der Waals surface area contributed by atoms with Gasteiger partial charge in [-0.3, -0.25) is 4.99 Å². The Hall–Kier alpha value is -1.74. The Bertz CT molecular complexity index is 528. The molecular weight excluding hydrogens is 230 g/mol. The van der Waals surface area contributed by atoms with Gasteiger partial charge in [0.2, 0.25) is 0 Å². The minimum atomic E-state index is 0.748. The Labute approximate surface area is 105 Å². The number of hydrogen-bond acceptors (Lipinski definition) is 3. The zero-order valence-corrected chi connectivity index (χ0v) is 10.4. The normalized spacial score (nSPS) is 10.9. The molecule has 0 N–H and O–H groups in total. The van der Waals surface area contributed by atoms with E-state index in [1.54, 1.807) is 6.21 Å². The van der Waals surface area contributed by atoms with Crippen LogP contribution in [0.4, 0.5) is 5.69 Å². The lowest BCUT2D eigenvalue weighted by Crippen LogP contribution is -1.73. The molecule has 0 spiro atoms. The molecule has 2 nitrogen and oxygen atoms in total. The highest BCUT2D eigenvalue weighted by Gasteiger charge is 2.00. The lowest BCUT2D eigenvalue weighted by Gasteiger charge is -1.93. The zero-order valence-electron chi connectivity index (χ0n) is 9.59. The van der Waals surface area contributed by atoms with Crippen LogP contribution in [0.1, 0.15) is 12.7 Å². The van der Waals surface area contributed by atoms with E-state index in [1.807, 2.05) is 49.4 Å². The maximum Gasteiger partial charge on any atom is 0.165 e. The van der Waals surface area contributed by atoms with E-state index < -0.39 is 0 Å². The molecule has 0 aliphatic heterocycles. The molecule has 0 atom stereocenters. The number of rotatable bonds is 4. The summed E-state index contributed by atoms with van der Waals surface area (Å²) in [5.41, 5.74) is 0.915. The first-order valence-corrected chi connectivity index (χ1v) is 6.08. The molecule has 0 aliphatic rings. The molecule has 86 valence electrons. The Morgan fingerprint density at radius 3 is 2.71 bits per heavy atom. The van der Waals surface area contributed by atoms with Crippen molar-refractivity contribution in [3.05, 3.63) is 59.7 Å². The van der Waals surface area contributed by atoms with Crippen molar-refractivity contribution in [2.75, 3.05) is 0 Å². The lowest BCUT2D eigenvalue weighted by atomic mass is 10.3. The molecular formula is C14H13NOS. The minimum Gasteiger partial charge on any atom is -0.449 e. The SMILES string of the molecule is C=C(C)Sc1ccc(C=Nc2ccccc2)o1. The van der Waals surface area contributed by atoms with Crippen LogP contribution in [0.2, 0.25) is 0 Å². The largest absolute Gasteiger partial charge is 0.449 e. The van der Waals surface area contributed by atoms with Gasteiger partial charge in [0.15, 0.2) is 5.09 Å². The summed E-state index contributed by atoms with van der Waals surface area (Å²) in [6, 6.07) is 13.6. The van der Waals surface area contributed by atoms with Gasteiger partial charge >= 0.3 is 0 Å². The van der Waals surface area contributed by atoms with E-state index >= 15 is 0 Å². The third-order valence-corrected chi connectivity index (χ3v) is 2.74. The number of benzene rings is 1. The molecule has 2 rings (SSSR count). The Morgan fingerprint density at radius 1 is 1.24 bits per heavy atom. The summed E-state index contributed by atoms with van der Waals surface area (Å²) in [4.78, 5) is 5.32. The Morgan fingerprint density at radius 2 is 2.00 bits per heavy atom. The standard InChI is InChI=1S/C14H13NOS/c1-11(2)17-14-9-8-13(16-14)10-15-12-6-4-3-5-7-12/h3-10H,1H2,2H3. The van der Waals surface area contributed by atoms with Crippen molar-refractivity contribution in [2.45, 2.75) is 12.0 Å². The van der Waals surface area contributed by atoms with Crippen molar-refractivity contribution < 1.29 is 4.42 Å². The van der Waals surface area contributed by atoms with Crippen LogP contribution in [-0.4, -0.2) is 6.21 Å². The fraction of sp³-hybridized carbons (Fsp3) is 0.0714. The highest BCUT2D eigenvalue weighted by molar-refractivity contribution is 8.02. The van der Waals surface area contributed by atoms with E-state index in [1.165, 1.54) is 11.8 Å². The van der Waals surface area contributed by atoms with Crippen molar-refractivity contribution in [1.29, 1.82) is 0 Å². The second-order valence-electron chi connectivity index (χ2n) is 3.55. The number of allylic oxidation sites excluding steroid dienone is 1. The fourth-order valence-electron chi connectivity index (χ4n) is 1.28. The maximum absolute atomic E-state index is 5.57. The van der Waals surface area contributed by atoms with Crippen LogP contribution in [0.15, 0.2) is 68.5 Å². The van der Waals surface area contributed by atoms with E-state index in [9.17, 15) is 0 Å². The summed E-state index contributed by atoms with van der Waals surface area (Å²) in [6.07, 6.45) is 1.72. The van der Waals surface area contributed by atoms with Gasteiger partial charge in [-0.1, -0.05) is 36.5 Å². The van der Waals surface area contributed by atoms with E-state index in [0.717, 1.165) is 21.4 Å². The fourth-order valence-corrected chi connectivity index (χ4v) is 1.90. The van der Waals surface area contributed by atoms with Crippen molar-refractivity contribution in [3.8, 4) is 0 Å². The van der Waals surface area contributed by atoms with E-state index in [0.29, 0.717) is 0 Å². The number of nitrogens with zero attached hydrogens (tertiary/aromatic N) is 1. The monoisotopic (exact) mass is 243 g/mol. The van der Waals surface area contributed by atoms with E-state index in [2.05, 4.69) is 11.6 Å². The molecule has 0 aliphatic carbocycles. The zero-order chi connectivity index (χ0) is 12.1. The molecule has 2 aromatic rings. The quantitative estimate of drug-likeness (QED) is 0.576. The maximum atomic E-state index is 5.57. The third kappa shape index (κ3) is 3.64. The summed E-state index contributed by atoms with van der Waals surface area (Å²) >= 11 is 1.52. The molecule has 17 heavy (non-hydrogen) atoms. The first-order chi connectivity index (χ1) is 8.24. The smallest absolute Gasteiger partial charge is 0.165 e. The minimum absolute atomic E-state index is 0.748. The molecule has 0 bridgehead atoms.